The number of carbonyl (C=O) groups excluding carboxylic acids is 1. The van der Waals surface area contributed by atoms with Crippen molar-refractivity contribution in [2.24, 2.45) is 0 Å². The molecule has 0 aliphatic carbocycles. The summed E-state index contributed by atoms with van der Waals surface area (Å²) < 4.78 is 41.3. The van der Waals surface area contributed by atoms with Gasteiger partial charge >= 0.3 is 12.1 Å². The quantitative estimate of drug-likeness (QED) is 0.451. The van der Waals surface area contributed by atoms with Crippen LogP contribution in [-0.4, -0.2) is 36.9 Å². The number of rotatable bonds is 3. The lowest BCUT2D eigenvalue weighted by Gasteiger charge is -2.13. The molecule has 4 aromatic rings. The Hall–Kier alpha value is -3.92. The minimum atomic E-state index is -4.83. The number of hydrogen-bond acceptors (Lipinski definition) is 5. The highest BCUT2D eigenvalue weighted by Gasteiger charge is 2.37. The number of fused-ring (bicyclic) bond motifs is 1. The minimum Gasteiger partial charge on any atom is -0.507 e. The Labute approximate surface area is 182 Å². The van der Waals surface area contributed by atoms with Gasteiger partial charge in [0.2, 0.25) is 0 Å². The summed E-state index contributed by atoms with van der Waals surface area (Å²) in [5.41, 5.74) is -1.82. The molecular weight excluding hydrogens is 451 g/mol. The van der Waals surface area contributed by atoms with Gasteiger partial charge < -0.3 is 10.2 Å². The molecule has 0 amide bonds. The summed E-state index contributed by atoms with van der Waals surface area (Å²) in [7, 11) is 0. The Morgan fingerprint density at radius 2 is 1.81 bits per heavy atom. The van der Waals surface area contributed by atoms with Crippen molar-refractivity contribution in [3.05, 3.63) is 76.4 Å². The van der Waals surface area contributed by atoms with E-state index in [1.807, 2.05) is 0 Å². The van der Waals surface area contributed by atoms with E-state index in [1.165, 1.54) is 24.4 Å². The molecule has 0 atom stereocenters. The number of aromatic carboxylic acids is 1. The first kappa shape index (κ1) is 21.3. The van der Waals surface area contributed by atoms with Gasteiger partial charge in [0.25, 0.3) is 5.91 Å². The Morgan fingerprint density at radius 3 is 2.47 bits per heavy atom. The van der Waals surface area contributed by atoms with Crippen LogP contribution in [0.25, 0.3) is 22.3 Å². The maximum atomic E-state index is 13.5. The lowest BCUT2D eigenvalue weighted by Crippen LogP contribution is -2.20. The predicted molar refractivity (Wildman–Crippen MR) is 108 cm³/mol. The number of carboxylic acid groups (broad SMARTS) is 1. The van der Waals surface area contributed by atoms with E-state index in [0.29, 0.717) is 0 Å². The number of alkyl halides is 3. The fraction of sp³-hybridized carbons (Fsp3) is 0.0476. The third kappa shape index (κ3) is 3.54. The van der Waals surface area contributed by atoms with Gasteiger partial charge in [-0.25, -0.2) is 4.79 Å². The van der Waals surface area contributed by atoms with Gasteiger partial charge in [0.05, 0.1) is 21.7 Å². The number of carbonyl (C=O) groups is 2. The van der Waals surface area contributed by atoms with Crippen LogP contribution in [0.3, 0.4) is 0 Å². The fourth-order valence-electron chi connectivity index (χ4n) is 3.24. The Morgan fingerprint density at radius 1 is 1.06 bits per heavy atom. The SMILES string of the molecule is O=C(O)c1ccc(-c2nn(C(=O)c3c(Cl)cccc3C(F)(F)F)c3cccnc23)cc1O. The monoisotopic (exact) mass is 461 g/mol. The molecule has 0 saturated heterocycles. The molecule has 2 aromatic carbocycles. The Balaban J connectivity index is 1.94. The molecule has 162 valence electrons. The summed E-state index contributed by atoms with van der Waals surface area (Å²) in [6.07, 6.45) is -3.44. The van der Waals surface area contributed by atoms with E-state index in [-0.39, 0.29) is 27.9 Å². The number of phenols is 1. The van der Waals surface area contributed by atoms with E-state index in [9.17, 15) is 27.9 Å². The summed E-state index contributed by atoms with van der Waals surface area (Å²) >= 11 is 5.96. The summed E-state index contributed by atoms with van der Waals surface area (Å²) in [5, 5.41) is 22.8. The van der Waals surface area contributed by atoms with Gasteiger partial charge in [-0.2, -0.15) is 23.0 Å². The second-order valence-electron chi connectivity index (χ2n) is 6.63. The van der Waals surface area contributed by atoms with Crippen molar-refractivity contribution in [3.8, 4) is 17.0 Å². The zero-order chi connectivity index (χ0) is 23.2. The number of aromatic hydroxyl groups is 1. The van der Waals surface area contributed by atoms with Crippen molar-refractivity contribution in [3.63, 3.8) is 0 Å². The van der Waals surface area contributed by atoms with Gasteiger partial charge in [-0.15, -0.1) is 0 Å². The maximum absolute atomic E-state index is 13.5. The van der Waals surface area contributed by atoms with Gasteiger partial charge in [-0.3, -0.25) is 9.78 Å². The maximum Gasteiger partial charge on any atom is 0.417 e. The number of carboxylic acids is 1. The summed E-state index contributed by atoms with van der Waals surface area (Å²) in [6.45, 7) is 0. The molecule has 0 unspecified atom stereocenters. The number of halogens is 4. The lowest BCUT2D eigenvalue weighted by atomic mass is 10.1. The highest BCUT2D eigenvalue weighted by atomic mass is 35.5. The van der Waals surface area contributed by atoms with Crippen LogP contribution in [0.1, 0.15) is 26.3 Å². The molecule has 0 aliphatic heterocycles. The molecule has 2 N–H and O–H groups in total. The highest BCUT2D eigenvalue weighted by Crippen LogP contribution is 2.36. The van der Waals surface area contributed by atoms with Crippen LogP contribution in [0.2, 0.25) is 5.02 Å². The summed E-state index contributed by atoms with van der Waals surface area (Å²) in [5.74, 6) is -3.03. The number of benzene rings is 2. The van der Waals surface area contributed by atoms with E-state index in [2.05, 4.69) is 10.1 Å². The van der Waals surface area contributed by atoms with Crippen molar-refractivity contribution in [1.82, 2.24) is 14.8 Å². The molecule has 2 aromatic heterocycles. The predicted octanol–water partition coefficient (Wildman–Crippen LogP) is 4.86. The van der Waals surface area contributed by atoms with E-state index in [0.717, 1.165) is 35.0 Å². The van der Waals surface area contributed by atoms with Gasteiger partial charge in [-0.05, 0) is 36.4 Å². The molecule has 0 aliphatic rings. The van der Waals surface area contributed by atoms with Crippen LogP contribution in [0, 0.1) is 0 Å². The molecule has 7 nitrogen and oxygen atoms in total. The van der Waals surface area contributed by atoms with Crippen LogP contribution in [0.4, 0.5) is 13.2 Å². The smallest absolute Gasteiger partial charge is 0.417 e. The average Bonchev–Trinajstić information content (AvgIpc) is 3.12. The molecule has 0 bridgehead atoms. The number of aromatic nitrogens is 3. The largest absolute Gasteiger partial charge is 0.507 e. The molecule has 11 heteroatoms. The van der Waals surface area contributed by atoms with Crippen molar-refractivity contribution in [2.45, 2.75) is 6.18 Å². The third-order valence-corrected chi connectivity index (χ3v) is 4.98. The van der Waals surface area contributed by atoms with Crippen LogP contribution in [-0.2, 0) is 6.18 Å². The highest BCUT2D eigenvalue weighted by molar-refractivity contribution is 6.34. The lowest BCUT2D eigenvalue weighted by molar-refractivity contribution is -0.137. The Bertz CT molecular complexity index is 1400. The number of pyridine rings is 1. The minimum absolute atomic E-state index is 0.0572. The normalized spacial score (nSPS) is 11.6. The van der Waals surface area contributed by atoms with Gasteiger partial charge in [0.15, 0.2) is 0 Å². The molecule has 4 rings (SSSR count). The molecule has 0 fully saturated rings. The van der Waals surface area contributed by atoms with Crippen molar-refractivity contribution in [2.75, 3.05) is 0 Å². The standard InChI is InChI=1S/C21H11ClF3N3O4/c22-13-4-1-3-12(21(23,24)25)16(13)19(30)28-14-5-2-8-26-18(14)17(27-28)10-6-7-11(20(31)32)15(29)9-10/h1-9,29H,(H,31,32). The summed E-state index contributed by atoms with van der Waals surface area (Å²) in [4.78, 5) is 28.4. The molecule has 32 heavy (non-hydrogen) atoms. The fourth-order valence-corrected chi connectivity index (χ4v) is 3.50. The number of nitrogens with zero attached hydrogens (tertiary/aromatic N) is 3. The third-order valence-electron chi connectivity index (χ3n) is 4.67. The van der Waals surface area contributed by atoms with Crippen molar-refractivity contribution < 1.29 is 33.0 Å². The molecule has 0 spiro atoms. The molecule has 0 radical (unpaired) electrons. The first-order chi connectivity index (χ1) is 15.1. The first-order valence-electron chi connectivity index (χ1n) is 8.90. The molecular formula is C21H11ClF3N3O4. The summed E-state index contributed by atoms with van der Waals surface area (Å²) in [6, 6.07) is 9.49. The first-order valence-corrected chi connectivity index (χ1v) is 9.28. The second-order valence-corrected chi connectivity index (χ2v) is 7.04. The van der Waals surface area contributed by atoms with Gasteiger partial charge in [0.1, 0.15) is 22.5 Å². The average molecular weight is 462 g/mol. The zero-order valence-corrected chi connectivity index (χ0v) is 16.5. The molecule has 0 saturated carbocycles. The zero-order valence-electron chi connectivity index (χ0n) is 15.8. The van der Waals surface area contributed by atoms with Crippen LogP contribution in [0.15, 0.2) is 54.7 Å². The van der Waals surface area contributed by atoms with Crippen LogP contribution < -0.4 is 0 Å². The van der Waals surface area contributed by atoms with Crippen molar-refractivity contribution >= 4 is 34.5 Å². The van der Waals surface area contributed by atoms with Crippen molar-refractivity contribution in [1.29, 1.82) is 0 Å². The topological polar surface area (TPSA) is 105 Å². The van der Waals surface area contributed by atoms with E-state index in [4.69, 9.17) is 16.7 Å². The Kier molecular flexibility index (Phi) is 5.09. The van der Waals surface area contributed by atoms with E-state index >= 15 is 0 Å². The van der Waals surface area contributed by atoms with Gasteiger partial charge in [0, 0.05) is 11.8 Å². The van der Waals surface area contributed by atoms with E-state index < -0.39 is 40.0 Å². The second kappa shape index (κ2) is 7.65. The molecule has 2 heterocycles. The van der Waals surface area contributed by atoms with Crippen LogP contribution in [0.5, 0.6) is 5.75 Å². The van der Waals surface area contributed by atoms with E-state index in [1.54, 1.807) is 0 Å². The number of hydrogen-bond donors (Lipinski definition) is 2. The van der Waals surface area contributed by atoms with Crippen LogP contribution >= 0.6 is 11.6 Å². The van der Waals surface area contributed by atoms with Gasteiger partial charge in [-0.1, -0.05) is 23.7 Å².